The van der Waals surface area contributed by atoms with Gasteiger partial charge in [0.25, 0.3) is 10.8 Å². The molecule has 0 atom stereocenters. The summed E-state index contributed by atoms with van der Waals surface area (Å²) in [5.41, 5.74) is 11.3. The van der Waals surface area contributed by atoms with E-state index >= 15 is 0 Å². The van der Waals surface area contributed by atoms with Crippen molar-refractivity contribution >= 4 is 39.8 Å². The van der Waals surface area contributed by atoms with Crippen molar-refractivity contribution in [1.29, 1.82) is 0 Å². The van der Waals surface area contributed by atoms with E-state index in [1.807, 2.05) is 6.92 Å². The van der Waals surface area contributed by atoms with Gasteiger partial charge in [0.05, 0.1) is 18.1 Å². The predicted molar refractivity (Wildman–Crippen MR) is 285 cm³/mol. The minimum atomic E-state index is -0.298. The Labute approximate surface area is 405 Å². The van der Waals surface area contributed by atoms with E-state index in [2.05, 4.69) is 196 Å². The second-order valence-electron chi connectivity index (χ2n) is 20.7. The molecular weight excluding hydrogens is 839 g/mol. The average molecular weight is 914 g/mol. The molecule has 0 bridgehead atoms. The molecule has 4 aromatic rings. The Balaban J connectivity index is 0.925. The Morgan fingerprint density at radius 1 is 0.853 bits per heavy atom. The fourth-order valence-electron chi connectivity index (χ4n) is 11.8. The summed E-state index contributed by atoms with van der Waals surface area (Å²) in [6.45, 7) is 27.9. The number of hydrogen-bond acceptors (Lipinski definition) is 5. The summed E-state index contributed by atoms with van der Waals surface area (Å²) in [6.07, 6.45) is 23.1. The van der Waals surface area contributed by atoms with Crippen LogP contribution >= 0.6 is 0 Å². The van der Waals surface area contributed by atoms with E-state index in [1.54, 1.807) is 7.11 Å². The van der Waals surface area contributed by atoms with Gasteiger partial charge in [0, 0.05) is 83.6 Å². The molecule has 8 heteroatoms. The molecule has 356 valence electrons. The van der Waals surface area contributed by atoms with Gasteiger partial charge in [-0.25, -0.2) is 9.15 Å². The lowest BCUT2D eigenvalue weighted by atomic mass is 9.80. The predicted octanol–water partition coefficient (Wildman–Crippen LogP) is 10.7. The lowest BCUT2D eigenvalue weighted by Crippen LogP contribution is -2.48. The largest absolute Gasteiger partial charge is 0.490 e. The van der Waals surface area contributed by atoms with Crippen molar-refractivity contribution in [2.24, 2.45) is 11.3 Å². The van der Waals surface area contributed by atoms with Crippen LogP contribution in [0, 0.1) is 11.3 Å². The summed E-state index contributed by atoms with van der Waals surface area (Å²) >= 11 is 0. The van der Waals surface area contributed by atoms with Gasteiger partial charge in [0.2, 0.25) is 11.7 Å². The molecule has 8 nitrogen and oxygen atoms in total. The monoisotopic (exact) mass is 914 g/mol. The molecule has 4 aliphatic heterocycles. The molecule has 0 aromatic heterocycles. The van der Waals surface area contributed by atoms with Crippen molar-refractivity contribution in [3.05, 3.63) is 158 Å². The first-order valence-electron chi connectivity index (χ1n) is 25.3. The maximum Gasteiger partial charge on any atom is 0.291 e. The number of carbonyl (C=O) groups is 1. The number of methoxy groups -OCH3 is 1. The lowest BCUT2D eigenvalue weighted by Gasteiger charge is -2.27. The first-order valence-corrected chi connectivity index (χ1v) is 25.3. The maximum atomic E-state index is 14.1. The van der Waals surface area contributed by atoms with Crippen LogP contribution in [0.1, 0.15) is 117 Å². The highest BCUT2D eigenvalue weighted by Gasteiger charge is 2.43. The quantitative estimate of drug-likeness (QED) is 0.113. The third-order valence-electron chi connectivity index (χ3n) is 15.3. The second kappa shape index (κ2) is 19.5. The number of nitrogens with one attached hydrogen (secondary N) is 1. The molecule has 1 saturated heterocycles. The summed E-state index contributed by atoms with van der Waals surface area (Å²) in [5, 5.41) is 6.47. The summed E-state index contributed by atoms with van der Waals surface area (Å²) in [5.74, 6) is 0.732. The van der Waals surface area contributed by atoms with E-state index in [1.165, 1.54) is 50.3 Å². The Morgan fingerprint density at radius 2 is 1.56 bits per heavy atom. The van der Waals surface area contributed by atoms with E-state index < -0.39 is 0 Å². The lowest BCUT2D eigenvalue weighted by molar-refractivity contribution is -0.519. The van der Waals surface area contributed by atoms with Crippen LogP contribution < -0.4 is 35.2 Å². The van der Waals surface area contributed by atoms with Crippen LogP contribution in [0.15, 0.2) is 125 Å². The highest BCUT2D eigenvalue weighted by Crippen LogP contribution is 2.51. The highest BCUT2D eigenvalue weighted by atomic mass is 16.5. The van der Waals surface area contributed by atoms with Gasteiger partial charge in [-0.15, -0.1) is 0 Å². The molecule has 0 aliphatic carbocycles. The Kier molecular flexibility index (Phi) is 13.9. The fraction of sp³-hybridized carbons (Fsp3) is 0.433. The van der Waals surface area contributed by atoms with Gasteiger partial charge in [0.1, 0.15) is 19.6 Å². The number of nitrogens with zero attached hydrogens (tertiary/aromatic N) is 4. The van der Waals surface area contributed by atoms with Crippen molar-refractivity contribution in [3.8, 4) is 5.75 Å². The van der Waals surface area contributed by atoms with Crippen LogP contribution in [0.4, 0.5) is 11.4 Å². The zero-order chi connectivity index (χ0) is 48.5. The topological polar surface area (TPSA) is 67.9 Å². The molecule has 4 aromatic carbocycles. The van der Waals surface area contributed by atoms with Gasteiger partial charge in [-0.3, -0.25) is 9.59 Å². The maximum absolute atomic E-state index is 14.1. The zero-order valence-electron chi connectivity index (χ0n) is 42.8. The van der Waals surface area contributed by atoms with Gasteiger partial charge in [-0.1, -0.05) is 107 Å². The minimum Gasteiger partial charge on any atom is -0.490 e. The number of allylic oxidation sites excluding steroid dienone is 9. The fourth-order valence-corrected chi connectivity index (χ4v) is 11.8. The van der Waals surface area contributed by atoms with Crippen LogP contribution in [0.3, 0.4) is 0 Å². The SMILES string of the molecule is C/C=C\C=C/C1=CC(C)(C)C(/C=C/C=C2\N(CC)c3ccc(CNC(=O)C4CCC[N+](=c5c(OC)c(/C=C6/N(CC)c7ccc8ccccc8c7C6(C)C)c5=O)CCC4)cc3C2(C)C)=[N+](CC)C1. The number of carbonyl (C=O) groups excluding carboxylic acids is 1. The van der Waals surface area contributed by atoms with Crippen molar-refractivity contribution < 1.29 is 14.1 Å². The first-order chi connectivity index (χ1) is 32.6. The van der Waals surface area contributed by atoms with Crippen LogP contribution in [0.5, 0.6) is 5.75 Å². The van der Waals surface area contributed by atoms with Crippen molar-refractivity contribution in [3.63, 3.8) is 0 Å². The number of ether oxygens (including phenoxy) is 1. The van der Waals surface area contributed by atoms with Crippen LogP contribution in [-0.2, 0) is 22.2 Å². The molecule has 4 heterocycles. The van der Waals surface area contributed by atoms with Gasteiger partial charge >= 0.3 is 0 Å². The number of benzene rings is 3. The van der Waals surface area contributed by atoms with Gasteiger partial charge in [-0.2, -0.15) is 0 Å². The van der Waals surface area contributed by atoms with E-state index in [-0.39, 0.29) is 33.5 Å². The van der Waals surface area contributed by atoms with Gasteiger partial charge < -0.3 is 19.9 Å². The summed E-state index contributed by atoms with van der Waals surface area (Å²) in [7, 11) is 1.68. The number of rotatable bonds is 12. The van der Waals surface area contributed by atoms with Crippen LogP contribution in [-0.4, -0.2) is 62.6 Å². The summed E-state index contributed by atoms with van der Waals surface area (Å²) < 4.78 is 10.7. The van der Waals surface area contributed by atoms with Gasteiger partial charge in [0.15, 0.2) is 12.3 Å². The van der Waals surface area contributed by atoms with E-state index in [0.717, 1.165) is 63.1 Å². The molecule has 0 radical (unpaired) electrons. The van der Waals surface area contributed by atoms with Crippen molar-refractivity contribution in [2.45, 2.75) is 112 Å². The van der Waals surface area contributed by atoms with E-state index in [4.69, 9.17) is 4.74 Å². The highest BCUT2D eigenvalue weighted by molar-refractivity contribution is 5.98. The number of likely N-dealkylation sites (N-methyl/N-ethyl adjacent to an activating group) is 3. The molecular formula is C60H75N5O3+2. The summed E-state index contributed by atoms with van der Waals surface area (Å²) in [6, 6.07) is 19.7. The molecule has 1 N–H and O–H groups in total. The van der Waals surface area contributed by atoms with Crippen molar-refractivity contribution in [2.75, 3.05) is 56.2 Å². The third-order valence-corrected chi connectivity index (χ3v) is 15.3. The Bertz CT molecular complexity index is 2910. The van der Waals surface area contributed by atoms with Crippen LogP contribution in [0.25, 0.3) is 16.8 Å². The normalized spacial score (nSPS) is 21.4. The molecule has 1 fully saturated rings. The molecule has 4 aliphatic rings. The van der Waals surface area contributed by atoms with E-state index in [9.17, 15) is 9.59 Å². The molecule has 68 heavy (non-hydrogen) atoms. The molecule has 1 amide bonds. The van der Waals surface area contributed by atoms with E-state index in [0.29, 0.717) is 36.3 Å². The first kappa shape index (κ1) is 48.4. The molecule has 8 rings (SSSR count). The molecule has 0 unspecified atom stereocenters. The van der Waals surface area contributed by atoms with Gasteiger partial charge in [-0.05, 0) is 106 Å². The third kappa shape index (κ3) is 8.80. The Morgan fingerprint density at radius 3 is 2.25 bits per heavy atom. The number of fused-ring (bicyclic) bond motifs is 4. The standard InChI is InChI=1S/C60H74N5O3/c1-12-16-17-23-42-38-58(5,6)50(62(13-2)40-42)28-20-29-51-59(7,8)47-36-41(30-32-48(47)64(51)14-3)39-61-57(67)44-25-21-34-63(35-22-26-44)54-55(66)46(56(54)68-11)37-52-60(9,10)53-45-27-19-18-24-43(45)31-33-49(53)65(52)15-4/h12,16-20,23-24,27-33,36-38,44H,13-15,21-22,25-26,34-35,39-40H2,1-11H3/q+1/p+1/b16-12-,23-17-. The average Bonchev–Trinajstić information content (AvgIpc) is 3.67. The molecule has 0 spiro atoms. The number of amides is 1. The number of anilines is 2. The second-order valence-corrected chi connectivity index (χ2v) is 20.7. The summed E-state index contributed by atoms with van der Waals surface area (Å²) in [4.78, 5) is 32.7. The molecule has 0 saturated carbocycles. The zero-order valence-corrected chi connectivity index (χ0v) is 42.8. The van der Waals surface area contributed by atoms with Crippen LogP contribution in [0.2, 0.25) is 0 Å². The van der Waals surface area contributed by atoms with Crippen molar-refractivity contribution in [1.82, 2.24) is 9.89 Å². The number of hydrogen-bond donors (Lipinski definition) is 1. The Hall–Kier alpha value is -6.02. The smallest absolute Gasteiger partial charge is 0.291 e. The minimum absolute atomic E-state index is 0.0434.